The second-order valence-electron chi connectivity index (χ2n) is 6.55. The van der Waals surface area contributed by atoms with Crippen molar-refractivity contribution in [3.63, 3.8) is 0 Å². The second kappa shape index (κ2) is 7.96. The Kier molecular flexibility index (Phi) is 5.83. The predicted molar refractivity (Wildman–Crippen MR) is 101 cm³/mol. The van der Waals surface area contributed by atoms with Crippen molar-refractivity contribution >= 4 is 27.5 Å². The number of sulfonamides is 1. The molecule has 0 aliphatic carbocycles. The number of hydrogen-bond donors (Lipinski definition) is 0. The molecule has 0 N–H and O–H groups in total. The van der Waals surface area contributed by atoms with E-state index in [0.29, 0.717) is 24.4 Å². The van der Waals surface area contributed by atoms with Crippen LogP contribution in [0.2, 0.25) is 5.02 Å². The molecule has 3 rings (SSSR count). The molecule has 2 aromatic carbocycles. The van der Waals surface area contributed by atoms with Crippen molar-refractivity contribution in [2.24, 2.45) is 0 Å². The minimum Gasteiger partial charge on any atom is -0.340 e. The highest BCUT2D eigenvalue weighted by molar-refractivity contribution is 7.89. The van der Waals surface area contributed by atoms with Crippen LogP contribution in [0.5, 0.6) is 0 Å². The molecule has 0 saturated carbocycles. The molecule has 1 atom stereocenters. The first-order valence-electron chi connectivity index (χ1n) is 8.56. The number of amides is 1. The summed E-state index contributed by atoms with van der Waals surface area (Å²) in [5, 5.41) is 0.578. The van der Waals surface area contributed by atoms with Crippen molar-refractivity contribution in [3.05, 3.63) is 64.9 Å². The maximum Gasteiger partial charge on any atom is 0.243 e. The third kappa shape index (κ3) is 4.31. The van der Waals surface area contributed by atoms with Gasteiger partial charge >= 0.3 is 0 Å². The first-order valence-corrected chi connectivity index (χ1v) is 10.4. The Balaban J connectivity index is 1.78. The van der Waals surface area contributed by atoms with Crippen LogP contribution in [-0.2, 0) is 21.4 Å². The van der Waals surface area contributed by atoms with E-state index in [9.17, 15) is 17.6 Å². The van der Waals surface area contributed by atoms with E-state index < -0.39 is 21.9 Å². The Morgan fingerprint density at radius 3 is 2.63 bits per heavy atom. The van der Waals surface area contributed by atoms with E-state index in [1.807, 2.05) is 6.07 Å². The molecule has 27 heavy (non-hydrogen) atoms. The van der Waals surface area contributed by atoms with Gasteiger partial charge in [-0.05, 0) is 54.8 Å². The van der Waals surface area contributed by atoms with Gasteiger partial charge in [0.15, 0.2) is 0 Å². The summed E-state index contributed by atoms with van der Waals surface area (Å²) in [6.07, 6.45) is 1.06. The highest BCUT2D eigenvalue weighted by Crippen LogP contribution is 2.27. The highest BCUT2D eigenvalue weighted by Gasteiger charge is 2.40. The largest absolute Gasteiger partial charge is 0.340 e. The molecule has 1 unspecified atom stereocenters. The second-order valence-corrected chi connectivity index (χ2v) is 8.88. The van der Waals surface area contributed by atoms with Gasteiger partial charge in [0.25, 0.3) is 0 Å². The maximum absolute atomic E-state index is 13.1. The lowest BCUT2D eigenvalue weighted by atomic mass is 10.1. The van der Waals surface area contributed by atoms with E-state index in [0.717, 1.165) is 17.7 Å². The fraction of sp³-hybridized carbons (Fsp3) is 0.316. The van der Waals surface area contributed by atoms with Crippen LogP contribution in [0.3, 0.4) is 0 Å². The van der Waals surface area contributed by atoms with Gasteiger partial charge < -0.3 is 4.90 Å². The first kappa shape index (κ1) is 19.8. The third-order valence-electron chi connectivity index (χ3n) is 4.59. The standard InChI is InChI=1S/C19H20ClFN2O3S/c1-22(13-14-4-2-5-15(20)12-14)19(24)18-6-3-11-23(18)27(25,26)17-9-7-16(21)8-10-17/h2,4-5,7-10,12,18H,3,6,11,13H2,1H3. The Labute approximate surface area is 163 Å². The molecular weight excluding hydrogens is 391 g/mol. The van der Waals surface area contributed by atoms with Crippen LogP contribution < -0.4 is 0 Å². The molecule has 0 aromatic heterocycles. The van der Waals surface area contributed by atoms with E-state index in [2.05, 4.69) is 0 Å². The molecular formula is C19H20ClFN2O3S. The normalized spacial score (nSPS) is 17.8. The number of benzene rings is 2. The Hall–Kier alpha value is -1.96. The molecule has 1 fully saturated rings. The topological polar surface area (TPSA) is 57.7 Å². The summed E-state index contributed by atoms with van der Waals surface area (Å²) in [6, 6.07) is 11.1. The minimum atomic E-state index is -3.86. The van der Waals surface area contributed by atoms with Gasteiger partial charge in [0.05, 0.1) is 4.90 Å². The molecule has 144 valence electrons. The Morgan fingerprint density at radius 2 is 1.96 bits per heavy atom. The zero-order chi connectivity index (χ0) is 19.6. The number of halogens is 2. The van der Waals surface area contributed by atoms with Crippen molar-refractivity contribution in [2.45, 2.75) is 30.3 Å². The molecule has 5 nitrogen and oxygen atoms in total. The van der Waals surface area contributed by atoms with Crippen LogP contribution >= 0.6 is 11.6 Å². The lowest BCUT2D eigenvalue weighted by molar-refractivity contribution is -0.133. The van der Waals surface area contributed by atoms with Crippen LogP contribution in [0.25, 0.3) is 0 Å². The summed E-state index contributed by atoms with van der Waals surface area (Å²) >= 11 is 5.98. The Bertz CT molecular complexity index is 934. The summed E-state index contributed by atoms with van der Waals surface area (Å²) in [6.45, 7) is 0.599. The third-order valence-corrected chi connectivity index (χ3v) is 6.75. The molecule has 1 saturated heterocycles. The smallest absolute Gasteiger partial charge is 0.243 e. The van der Waals surface area contributed by atoms with Crippen molar-refractivity contribution in [3.8, 4) is 0 Å². The summed E-state index contributed by atoms with van der Waals surface area (Å²) in [5.74, 6) is -0.776. The van der Waals surface area contributed by atoms with Crippen molar-refractivity contribution in [1.82, 2.24) is 9.21 Å². The van der Waals surface area contributed by atoms with Gasteiger partial charge in [-0.25, -0.2) is 12.8 Å². The highest BCUT2D eigenvalue weighted by atomic mass is 35.5. The SMILES string of the molecule is CN(Cc1cccc(Cl)c1)C(=O)C1CCCN1S(=O)(=O)c1ccc(F)cc1. The van der Waals surface area contributed by atoms with E-state index in [4.69, 9.17) is 11.6 Å². The van der Waals surface area contributed by atoms with Crippen LogP contribution in [0.1, 0.15) is 18.4 Å². The maximum atomic E-state index is 13.1. The van der Waals surface area contributed by atoms with E-state index in [1.165, 1.54) is 21.3 Å². The van der Waals surface area contributed by atoms with Gasteiger partial charge in [0, 0.05) is 25.2 Å². The van der Waals surface area contributed by atoms with Crippen molar-refractivity contribution in [2.75, 3.05) is 13.6 Å². The average molecular weight is 411 g/mol. The van der Waals surface area contributed by atoms with Crippen LogP contribution in [0.15, 0.2) is 53.4 Å². The molecule has 0 radical (unpaired) electrons. The van der Waals surface area contributed by atoms with Crippen molar-refractivity contribution < 1.29 is 17.6 Å². The predicted octanol–water partition coefficient (Wildman–Crippen LogP) is 3.29. The van der Waals surface area contributed by atoms with Gasteiger partial charge in [-0.2, -0.15) is 4.31 Å². The molecule has 1 amide bonds. The number of nitrogens with zero attached hydrogens (tertiary/aromatic N) is 2. The van der Waals surface area contributed by atoms with E-state index in [-0.39, 0.29) is 17.3 Å². The molecule has 1 aliphatic heterocycles. The number of likely N-dealkylation sites (N-methyl/N-ethyl adjacent to an activating group) is 1. The molecule has 8 heteroatoms. The van der Waals surface area contributed by atoms with E-state index in [1.54, 1.807) is 25.2 Å². The number of carbonyl (C=O) groups is 1. The molecule has 2 aromatic rings. The van der Waals surface area contributed by atoms with Gasteiger partial charge in [-0.1, -0.05) is 23.7 Å². The fourth-order valence-electron chi connectivity index (χ4n) is 3.26. The van der Waals surface area contributed by atoms with Gasteiger partial charge in [0.2, 0.25) is 15.9 Å². The molecule has 1 heterocycles. The zero-order valence-electron chi connectivity index (χ0n) is 14.8. The summed E-state index contributed by atoms with van der Waals surface area (Å²) in [5.41, 5.74) is 0.865. The van der Waals surface area contributed by atoms with Crippen LogP contribution in [0, 0.1) is 5.82 Å². The zero-order valence-corrected chi connectivity index (χ0v) is 16.4. The fourth-order valence-corrected chi connectivity index (χ4v) is 5.12. The van der Waals surface area contributed by atoms with E-state index >= 15 is 0 Å². The average Bonchev–Trinajstić information content (AvgIpc) is 3.12. The molecule has 1 aliphatic rings. The lowest BCUT2D eigenvalue weighted by Gasteiger charge is -2.27. The monoisotopic (exact) mass is 410 g/mol. The van der Waals surface area contributed by atoms with Crippen molar-refractivity contribution in [1.29, 1.82) is 0 Å². The van der Waals surface area contributed by atoms with Gasteiger partial charge in [-0.15, -0.1) is 0 Å². The van der Waals surface area contributed by atoms with Gasteiger partial charge in [-0.3, -0.25) is 4.79 Å². The first-order chi connectivity index (χ1) is 12.8. The number of rotatable bonds is 5. The minimum absolute atomic E-state index is 0.0129. The quantitative estimate of drug-likeness (QED) is 0.760. The Morgan fingerprint density at radius 1 is 1.26 bits per heavy atom. The summed E-state index contributed by atoms with van der Waals surface area (Å²) in [7, 11) is -2.22. The van der Waals surface area contributed by atoms with Crippen LogP contribution in [0.4, 0.5) is 4.39 Å². The number of carbonyl (C=O) groups excluding carboxylic acids is 1. The lowest BCUT2D eigenvalue weighted by Crippen LogP contribution is -2.46. The van der Waals surface area contributed by atoms with Gasteiger partial charge in [0.1, 0.15) is 11.9 Å². The van der Waals surface area contributed by atoms with Crippen LogP contribution in [-0.4, -0.2) is 43.2 Å². The summed E-state index contributed by atoms with van der Waals surface area (Å²) in [4.78, 5) is 14.4. The molecule has 0 spiro atoms. The molecule has 0 bridgehead atoms. The number of hydrogen-bond acceptors (Lipinski definition) is 3. The summed E-state index contributed by atoms with van der Waals surface area (Å²) < 4.78 is 40.1.